The van der Waals surface area contributed by atoms with Gasteiger partial charge in [-0.3, -0.25) is 4.68 Å². The molecule has 1 aliphatic rings. The van der Waals surface area contributed by atoms with E-state index in [1.807, 2.05) is 19.9 Å². The van der Waals surface area contributed by atoms with Crippen molar-refractivity contribution in [3.63, 3.8) is 0 Å². The predicted octanol–water partition coefficient (Wildman–Crippen LogP) is 2.60. The number of nitrogens with zero attached hydrogens (tertiary/aromatic N) is 4. The van der Waals surface area contributed by atoms with E-state index in [0.717, 1.165) is 11.4 Å². The highest BCUT2D eigenvalue weighted by molar-refractivity contribution is 5.12. The van der Waals surface area contributed by atoms with Crippen LogP contribution < -0.4 is 0 Å². The minimum absolute atomic E-state index is 0.0440. The van der Waals surface area contributed by atoms with Crippen molar-refractivity contribution in [2.75, 3.05) is 0 Å². The van der Waals surface area contributed by atoms with E-state index >= 15 is 0 Å². The standard InChI is InChI=1S/C12H13F3N4O/c1-6-3-7(2)19(17-6)5-10-16-11(18-20-10)8-4-9(8)12(13,14)15/h3,8-9H,4-5H2,1-2H3/t8-,9-/m1/s1. The molecule has 0 aliphatic heterocycles. The van der Waals surface area contributed by atoms with Crippen molar-refractivity contribution in [1.82, 2.24) is 19.9 Å². The molecule has 2 aromatic heterocycles. The third-order valence-electron chi connectivity index (χ3n) is 3.41. The van der Waals surface area contributed by atoms with Crippen molar-refractivity contribution in [1.29, 1.82) is 0 Å². The van der Waals surface area contributed by atoms with E-state index in [1.165, 1.54) is 0 Å². The lowest BCUT2D eigenvalue weighted by atomic mass is 10.3. The minimum Gasteiger partial charge on any atom is -0.337 e. The average Bonchev–Trinajstić information content (AvgIpc) is 2.93. The SMILES string of the molecule is Cc1cc(C)n(Cc2nc([C@@H]3C[C@H]3C(F)(F)F)no2)n1. The van der Waals surface area contributed by atoms with E-state index < -0.39 is 18.0 Å². The highest BCUT2D eigenvalue weighted by Gasteiger charge is 2.58. The summed E-state index contributed by atoms with van der Waals surface area (Å²) >= 11 is 0. The van der Waals surface area contributed by atoms with Crippen molar-refractivity contribution >= 4 is 0 Å². The molecule has 5 nitrogen and oxygen atoms in total. The van der Waals surface area contributed by atoms with Gasteiger partial charge in [-0.15, -0.1) is 0 Å². The number of hydrogen-bond donors (Lipinski definition) is 0. The molecular formula is C12H13F3N4O. The Morgan fingerprint density at radius 1 is 1.40 bits per heavy atom. The van der Waals surface area contributed by atoms with Crippen LogP contribution in [0.15, 0.2) is 10.6 Å². The first kappa shape index (κ1) is 13.1. The van der Waals surface area contributed by atoms with Crippen LogP contribution >= 0.6 is 0 Å². The van der Waals surface area contributed by atoms with Crippen LogP contribution in [0.25, 0.3) is 0 Å². The lowest BCUT2D eigenvalue weighted by Crippen LogP contribution is -2.11. The van der Waals surface area contributed by atoms with E-state index in [4.69, 9.17) is 4.52 Å². The summed E-state index contributed by atoms with van der Waals surface area (Å²) in [7, 11) is 0. The highest BCUT2D eigenvalue weighted by atomic mass is 19.4. The zero-order valence-electron chi connectivity index (χ0n) is 11.0. The predicted molar refractivity (Wildman–Crippen MR) is 62.0 cm³/mol. The van der Waals surface area contributed by atoms with E-state index in [2.05, 4.69) is 15.2 Å². The van der Waals surface area contributed by atoms with Gasteiger partial charge in [0, 0.05) is 11.6 Å². The van der Waals surface area contributed by atoms with E-state index in [9.17, 15) is 13.2 Å². The van der Waals surface area contributed by atoms with Gasteiger partial charge in [0.25, 0.3) is 0 Å². The molecule has 1 aliphatic carbocycles. The molecule has 1 saturated carbocycles. The zero-order valence-corrected chi connectivity index (χ0v) is 11.0. The molecule has 0 amide bonds. The normalized spacial score (nSPS) is 22.2. The van der Waals surface area contributed by atoms with Gasteiger partial charge >= 0.3 is 6.18 Å². The second-order valence-corrected chi connectivity index (χ2v) is 5.12. The monoisotopic (exact) mass is 286 g/mol. The molecule has 1 fully saturated rings. The van der Waals surface area contributed by atoms with Crippen LogP contribution in [-0.2, 0) is 6.54 Å². The molecule has 2 aromatic rings. The third kappa shape index (κ3) is 2.41. The van der Waals surface area contributed by atoms with Crippen LogP contribution in [0.5, 0.6) is 0 Å². The molecule has 2 heterocycles. The molecule has 0 unspecified atom stereocenters. The maximum atomic E-state index is 12.5. The quantitative estimate of drug-likeness (QED) is 0.870. The minimum atomic E-state index is -4.18. The van der Waals surface area contributed by atoms with Gasteiger partial charge in [0.1, 0.15) is 6.54 Å². The van der Waals surface area contributed by atoms with Gasteiger partial charge in [-0.25, -0.2) is 0 Å². The molecule has 8 heteroatoms. The highest BCUT2D eigenvalue weighted by Crippen LogP contribution is 2.55. The largest absolute Gasteiger partial charge is 0.392 e. The molecule has 2 atom stereocenters. The maximum absolute atomic E-state index is 12.5. The topological polar surface area (TPSA) is 56.7 Å². The summed E-state index contributed by atoms with van der Waals surface area (Å²) in [5.74, 6) is -1.57. The van der Waals surface area contributed by atoms with Gasteiger partial charge in [-0.2, -0.15) is 23.3 Å². The Balaban J connectivity index is 1.71. The van der Waals surface area contributed by atoms with Gasteiger partial charge in [0.15, 0.2) is 5.82 Å². The second kappa shape index (κ2) is 4.32. The Morgan fingerprint density at radius 3 is 2.70 bits per heavy atom. The average molecular weight is 286 g/mol. The van der Waals surface area contributed by atoms with Crippen molar-refractivity contribution in [2.45, 2.75) is 38.9 Å². The second-order valence-electron chi connectivity index (χ2n) is 5.12. The summed E-state index contributed by atoms with van der Waals surface area (Å²) < 4.78 is 44.1. The molecule has 0 bridgehead atoms. The summed E-state index contributed by atoms with van der Waals surface area (Å²) in [6.45, 7) is 4.02. The fraction of sp³-hybridized carbons (Fsp3) is 0.583. The fourth-order valence-electron chi connectivity index (χ4n) is 2.29. The number of aryl methyl sites for hydroxylation is 2. The van der Waals surface area contributed by atoms with Crippen LogP contribution in [0, 0.1) is 19.8 Å². The van der Waals surface area contributed by atoms with Crippen LogP contribution in [-0.4, -0.2) is 26.1 Å². The molecule has 0 N–H and O–H groups in total. The number of hydrogen-bond acceptors (Lipinski definition) is 4. The molecule has 0 spiro atoms. The first-order valence-corrected chi connectivity index (χ1v) is 6.25. The van der Waals surface area contributed by atoms with Gasteiger partial charge in [-0.1, -0.05) is 5.16 Å². The first-order chi connectivity index (χ1) is 9.34. The van der Waals surface area contributed by atoms with Crippen LogP contribution in [0.4, 0.5) is 13.2 Å². The lowest BCUT2D eigenvalue weighted by Gasteiger charge is -2.02. The maximum Gasteiger partial charge on any atom is 0.392 e. The summed E-state index contributed by atoms with van der Waals surface area (Å²) in [5, 5.41) is 7.89. The molecule has 3 rings (SSSR count). The van der Waals surface area contributed by atoms with E-state index in [0.29, 0.717) is 0 Å². The van der Waals surface area contributed by atoms with Gasteiger partial charge in [0.2, 0.25) is 5.89 Å². The summed E-state index contributed by atoms with van der Waals surface area (Å²) in [6.07, 6.45) is -4.14. The van der Waals surface area contributed by atoms with E-state index in [-0.39, 0.29) is 24.7 Å². The third-order valence-corrected chi connectivity index (χ3v) is 3.41. The Labute approximate surface area is 112 Å². The molecule has 0 radical (unpaired) electrons. The molecular weight excluding hydrogens is 273 g/mol. The lowest BCUT2D eigenvalue weighted by molar-refractivity contribution is -0.148. The number of aromatic nitrogens is 4. The molecule has 108 valence electrons. The zero-order chi connectivity index (χ0) is 14.5. The van der Waals surface area contributed by atoms with Crippen LogP contribution in [0.1, 0.15) is 35.4 Å². The first-order valence-electron chi connectivity index (χ1n) is 6.25. The molecule has 20 heavy (non-hydrogen) atoms. The van der Waals surface area contributed by atoms with Crippen molar-refractivity contribution in [3.8, 4) is 0 Å². The Morgan fingerprint density at radius 2 is 2.15 bits per heavy atom. The number of alkyl halides is 3. The Hall–Kier alpha value is -1.86. The van der Waals surface area contributed by atoms with Crippen LogP contribution in [0.2, 0.25) is 0 Å². The Kier molecular flexibility index (Phi) is 2.84. The molecule has 0 saturated heterocycles. The van der Waals surface area contributed by atoms with E-state index in [1.54, 1.807) is 4.68 Å². The summed E-state index contributed by atoms with van der Waals surface area (Å²) in [5.41, 5.74) is 1.79. The number of rotatable bonds is 3. The van der Waals surface area contributed by atoms with Crippen molar-refractivity contribution in [2.24, 2.45) is 5.92 Å². The fourth-order valence-corrected chi connectivity index (χ4v) is 2.29. The summed E-state index contributed by atoms with van der Waals surface area (Å²) in [6, 6.07) is 1.90. The van der Waals surface area contributed by atoms with Gasteiger partial charge in [-0.05, 0) is 26.3 Å². The summed E-state index contributed by atoms with van der Waals surface area (Å²) in [4.78, 5) is 4.04. The number of halogens is 3. The molecule has 0 aromatic carbocycles. The Bertz CT molecular complexity index is 631. The van der Waals surface area contributed by atoms with Crippen LogP contribution in [0.3, 0.4) is 0 Å². The van der Waals surface area contributed by atoms with Crippen molar-refractivity contribution in [3.05, 3.63) is 29.2 Å². The van der Waals surface area contributed by atoms with Crippen molar-refractivity contribution < 1.29 is 17.7 Å². The van der Waals surface area contributed by atoms with Gasteiger partial charge < -0.3 is 4.52 Å². The van der Waals surface area contributed by atoms with Gasteiger partial charge in [0.05, 0.1) is 11.6 Å². The smallest absolute Gasteiger partial charge is 0.337 e.